The van der Waals surface area contributed by atoms with Gasteiger partial charge < -0.3 is 8.98 Å². The maximum absolute atomic E-state index is 6.54. The van der Waals surface area contributed by atoms with Crippen molar-refractivity contribution >= 4 is 43.7 Å². The molecule has 0 spiro atoms. The summed E-state index contributed by atoms with van der Waals surface area (Å²) in [6.07, 6.45) is 1.98. The molecular weight excluding hydrogens is 1000 g/mol. The topological polar surface area (TPSA) is 18.1 Å². The summed E-state index contributed by atoms with van der Waals surface area (Å²) in [5.41, 5.74) is 36.7. The fourth-order valence-corrected chi connectivity index (χ4v) is 17.2. The van der Waals surface area contributed by atoms with Gasteiger partial charge in [-0.05, 0) is 216 Å². The molecule has 2 heteroatoms. The molecule has 2 aromatic heterocycles. The van der Waals surface area contributed by atoms with Crippen molar-refractivity contribution in [1.82, 2.24) is 4.57 Å². The highest BCUT2D eigenvalue weighted by molar-refractivity contribution is 6.15. The van der Waals surface area contributed by atoms with E-state index in [0.29, 0.717) is 0 Å². The highest BCUT2D eigenvalue weighted by Crippen LogP contribution is 2.68. The second kappa shape index (κ2) is 16.0. The Balaban J connectivity index is 0.827. The van der Waals surface area contributed by atoms with Crippen LogP contribution in [0, 0.1) is 13.8 Å². The van der Waals surface area contributed by atoms with Crippen LogP contribution in [0.25, 0.3) is 105 Å². The second-order valence-electron chi connectivity index (χ2n) is 26.8. The van der Waals surface area contributed by atoms with Crippen molar-refractivity contribution in [1.29, 1.82) is 0 Å². The number of nitrogens with zero attached hydrogens (tertiary/aromatic N) is 1. The zero-order valence-electron chi connectivity index (χ0n) is 48.5. The number of rotatable bonds is 5. The molecule has 1 saturated carbocycles. The number of hydrogen-bond acceptors (Lipinski definition) is 1. The fourth-order valence-electron chi connectivity index (χ4n) is 17.2. The van der Waals surface area contributed by atoms with Crippen LogP contribution < -0.4 is 0 Å². The SMILES string of the molecule is Cc1ccc(-c2cc3c(c4c2Cc2ccccc2-4)-c2ccc(C4(c5ccc6c(c5)C(C)(C)c5cc7c(cc5-6)C(C)(C)c5ccc6oc8ccccc8c6c5-7)CC4c4ccc5c(c4)c4ccccc4n5-c4ccccc4)cc2C3(C)C)c(C)c1. The summed E-state index contributed by atoms with van der Waals surface area (Å²) in [6, 6.07) is 79.9. The van der Waals surface area contributed by atoms with E-state index in [1.165, 1.54) is 166 Å². The Kier molecular flexibility index (Phi) is 9.16. The van der Waals surface area contributed by atoms with Gasteiger partial charge in [0.2, 0.25) is 0 Å². The Morgan fingerprint density at radius 1 is 0.410 bits per heavy atom. The van der Waals surface area contributed by atoms with E-state index in [1.807, 2.05) is 0 Å². The van der Waals surface area contributed by atoms with Gasteiger partial charge in [-0.25, -0.2) is 0 Å². The van der Waals surface area contributed by atoms with Gasteiger partial charge in [-0.1, -0.05) is 193 Å². The van der Waals surface area contributed by atoms with E-state index in [2.05, 4.69) is 266 Å². The summed E-state index contributed by atoms with van der Waals surface area (Å²) in [7, 11) is 0. The smallest absolute Gasteiger partial charge is 0.136 e. The van der Waals surface area contributed by atoms with E-state index in [1.54, 1.807) is 0 Å². The molecule has 2 heterocycles. The lowest BCUT2D eigenvalue weighted by Crippen LogP contribution is -2.19. The molecule has 2 nitrogen and oxygen atoms in total. The summed E-state index contributed by atoms with van der Waals surface area (Å²) in [5.74, 6) is 0.265. The van der Waals surface area contributed by atoms with Gasteiger partial charge in [-0.15, -0.1) is 0 Å². The van der Waals surface area contributed by atoms with Gasteiger partial charge in [0.25, 0.3) is 0 Å². The van der Waals surface area contributed by atoms with Crippen molar-refractivity contribution in [2.75, 3.05) is 0 Å². The van der Waals surface area contributed by atoms with Gasteiger partial charge in [0.15, 0.2) is 0 Å². The van der Waals surface area contributed by atoms with Crippen molar-refractivity contribution in [3.8, 4) is 61.3 Å². The zero-order chi connectivity index (χ0) is 55.8. The predicted molar refractivity (Wildman–Crippen MR) is 345 cm³/mol. The van der Waals surface area contributed by atoms with Crippen LogP contribution in [0.5, 0.6) is 0 Å². The van der Waals surface area contributed by atoms with E-state index in [-0.39, 0.29) is 27.6 Å². The highest BCUT2D eigenvalue weighted by atomic mass is 16.3. The minimum Gasteiger partial charge on any atom is -0.456 e. The molecule has 5 aliphatic rings. The molecule has 83 heavy (non-hydrogen) atoms. The van der Waals surface area contributed by atoms with Crippen LogP contribution in [0.3, 0.4) is 0 Å². The number of hydrogen-bond donors (Lipinski definition) is 0. The van der Waals surface area contributed by atoms with E-state index >= 15 is 0 Å². The van der Waals surface area contributed by atoms with Gasteiger partial charge in [-0.2, -0.15) is 0 Å². The van der Waals surface area contributed by atoms with Gasteiger partial charge in [-0.3, -0.25) is 0 Å². The third-order valence-electron chi connectivity index (χ3n) is 21.5. The molecule has 13 aromatic rings. The molecule has 0 saturated heterocycles. The lowest BCUT2D eigenvalue weighted by molar-refractivity contribution is 0.648. The minimum absolute atomic E-state index is 0.176. The van der Waals surface area contributed by atoms with E-state index in [9.17, 15) is 0 Å². The first-order valence-corrected chi connectivity index (χ1v) is 30.1. The first-order valence-electron chi connectivity index (χ1n) is 30.1. The molecule has 18 rings (SSSR count). The molecule has 398 valence electrons. The molecule has 2 unspecified atom stereocenters. The quantitative estimate of drug-likeness (QED) is 0.168. The number of aromatic nitrogens is 1. The van der Waals surface area contributed by atoms with Crippen molar-refractivity contribution in [3.63, 3.8) is 0 Å². The van der Waals surface area contributed by atoms with E-state index < -0.39 is 0 Å². The Morgan fingerprint density at radius 2 is 1.05 bits per heavy atom. The van der Waals surface area contributed by atoms with Crippen molar-refractivity contribution in [3.05, 3.63) is 279 Å². The lowest BCUT2D eigenvalue weighted by atomic mass is 9.76. The average Bonchev–Trinajstić information content (AvgIpc) is 1.64. The summed E-state index contributed by atoms with van der Waals surface area (Å²) < 4.78 is 8.99. The molecule has 0 bridgehead atoms. The Labute approximate surface area is 485 Å². The molecule has 5 aliphatic carbocycles. The van der Waals surface area contributed by atoms with Crippen LogP contribution in [-0.2, 0) is 28.1 Å². The fraction of sp³-hybridized carbons (Fsp3) is 0.185. The van der Waals surface area contributed by atoms with Gasteiger partial charge in [0.05, 0.1) is 11.0 Å². The molecule has 2 atom stereocenters. The summed E-state index contributed by atoms with van der Waals surface area (Å²) in [6.45, 7) is 19.3. The summed E-state index contributed by atoms with van der Waals surface area (Å²) >= 11 is 0. The summed E-state index contributed by atoms with van der Waals surface area (Å²) in [5, 5.41) is 5.03. The first-order chi connectivity index (χ1) is 40.2. The molecule has 0 aliphatic heterocycles. The summed E-state index contributed by atoms with van der Waals surface area (Å²) in [4.78, 5) is 0. The largest absolute Gasteiger partial charge is 0.456 e. The lowest BCUT2D eigenvalue weighted by Gasteiger charge is -2.27. The Morgan fingerprint density at radius 3 is 1.87 bits per heavy atom. The minimum atomic E-state index is -0.263. The molecular formula is C81H63NO. The maximum Gasteiger partial charge on any atom is 0.136 e. The molecule has 0 radical (unpaired) electrons. The number of aryl methyl sites for hydroxylation is 2. The van der Waals surface area contributed by atoms with Crippen LogP contribution in [0.15, 0.2) is 211 Å². The van der Waals surface area contributed by atoms with Gasteiger partial charge in [0.1, 0.15) is 11.2 Å². The van der Waals surface area contributed by atoms with Crippen LogP contribution in [0.1, 0.15) is 126 Å². The monoisotopic (exact) mass is 1070 g/mol. The normalized spacial score (nSPS) is 18.5. The zero-order valence-corrected chi connectivity index (χ0v) is 48.5. The Hall–Kier alpha value is -8.98. The highest BCUT2D eigenvalue weighted by Gasteiger charge is 2.58. The second-order valence-corrected chi connectivity index (χ2v) is 26.8. The van der Waals surface area contributed by atoms with Crippen molar-refractivity contribution < 1.29 is 4.42 Å². The van der Waals surface area contributed by atoms with Crippen LogP contribution in [0.2, 0.25) is 0 Å². The Bertz CT molecular complexity index is 5090. The molecule has 1 fully saturated rings. The predicted octanol–water partition coefficient (Wildman–Crippen LogP) is 20.9. The standard InChI is InChI=1S/C81H63NO/c1-45-26-30-52(46(2)36-45)58-41-68-75(74-53-21-13-12-18-47(53)37-61(58)74)56-32-29-50(40-65(56)80(68,7)8)81(44-69(81)48-27-34-71-60(38-48)55-22-14-16-24-70(55)82(71)51-19-10-9-11-20-51)49-28-31-54-59-42-67-62(43-66(59)79(5,6)64(54)39-49)76-63(78(67,3)4)33-35-73-77(76)57-23-15-17-25-72(57)83-73/h9-36,38-43,69H,37,44H2,1-8H3. The maximum atomic E-state index is 6.54. The molecule has 0 amide bonds. The van der Waals surface area contributed by atoms with Crippen molar-refractivity contribution in [2.45, 2.75) is 95.8 Å². The van der Waals surface area contributed by atoms with Crippen LogP contribution >= 0.6 is 0 Å². The third kappa shape index (κ3) is 6.09. The van der Waals surface area contributed by atoms with E-state index in [4.69, 9.17) is 4.42 Å². The molecule has 11 aromatic carbocycles. The third-order valence-corrected chi connectivity index (χ3v) is 21.5. The van der Waals surface area contributed by atoms with Crippen LogP contribution in [0.4, 0.5) is 0 Å². The number of benzene rings is 11. The number of furan rings is 1. The van der Waals surface area contributed by atoms with Crippen LogP contribution in [-0.4, -0.2) is 4.57 Å². The van der Waals surface area contributed by atoms with Gasteiger partial charge >= 0.3 is 0 Å². The first kappa shape index (κ1) is 47.6. The van der Waals surface area contributed by atoms with Crippen molar-refractivity contribution in [2.24, 2.45) is 0 Å². The van der Waals surface area contributed by atoms with E-state index in [0.717, 1.165) is 24.0 Å². The van der Waals surface area contributed by atoms with Gasteiger partial charge in [0, 0.05) is 48.9 Å². The number of fused-ring (bicyclic) bond motifs is 20. The molecule has 0 N–H and O–H groups in total. The number of para-hydroxylation sites is 3. The average molecular weight is 1070 g/mol.